The molecule has 1 aromatic heterocycles. The fourth-order valence-electron chi connectivity index (χ4n) is 2.22. The minimum absolute atomic E-state index is 0.279. The number of rotatable bonds is 5. The largest absolute Gasteiger partial charge is 0.451 e. The standard InChI is InChI=1S/C19H14ClNO3S/c1-12(19(23)13-6-8-14(20)9-7-13)24-18(22)11-10-17-21-15-4-2-3-5-16(15)25-17/h2-12H,1H3/b11-10+/t12-/m1/s1. The number of Topliss-reactive ketones (excluding diaryl/α,β-unsaturated/α-hetero) is 1. The molecule has 0 saturated heterocycles. The Balaban J connectivity index is 1.63. The van der Waals surface area contributed by atoms with Crippen molar-refractivity contribution in [3.63, 3.8) is 0 Å². The molecule has 0 N–H and O–H groups in total. The van der Waals surface area contributed by atoms with Gasteiger partial charge in [-0.3, -0.25) is 4.79 Å². The Morgan fingerprint density at radius 1 is 1.16 bits per heavy atom. The molecule has 3 rings (SSSR count). The van der Waals surface area contributed by atoms with E-state index in [1.807, 2.05) is 24.3 Å². The first-order chi connectivity index (χ1) is 12.0. The average Bonchev–Trinajstić information content (AvgIpc) is 3.03. The van der Waals surface area contributed by atoms with Crippen LogP contribution in [-0.4, -0.2) is 22.8 Å². The maximum Gasteiger partial charge on any atom is 0.331 e. The van der Waals surface area contributed by atoms with Gasteiger partial charge in [-0.25, -0.2) is 9.78 Å². The van der Waals surface area contributed by atoms with Gasteiger partial charge in [-0.05, 0) is 49.4 Å². The van der Waals surface area contributed by atoms with Crippen molar-refractivity contribution in [2.45, 2.75) is 13.0 Å². The molecule has 0 spiro atoms. The molecule has 0 unspecified atom stereocenters. The minimum Gasteiger partial charge on any atom is -0.451 e. The van der Waals surface area contributed by atoms with Crippen molar-refractivity contribution >= 4 is 51.0 Å². The Bertz CT molecular complexity index is 914. The predicted octanol–water partition coefficient (Wildman–Crippen LogP) is 4.78. The fourth-order valence-corrected chi connectivity index (χ4v) is 3.21. The van der Waals surface area contributed by atoms with Gasteiger partial charge in [0, 0.05) is 16.7 Å². The number of fused-ring (bicyclic) bond motifs is 1. The fraction of sp³-hybridized carbons (Fsp3) is 0.105. The lowest BCUT2D eigenvalue weighted by molar-refractivity contribution is -0.140. The number of carbonyl (C=O) groups excluding carboxylic acids is 2. The Labute approximate surface area is 153 Å². The van der Waals surface area contributed by atoms with E-state index < -0.39 is 12.1 Å². The summed E-state index contributed by atoms with van der Waals surface area (Å²) < 4.78 is 6.20. The number of aromatic nitrogens is 1. The van der Waals surface area contributed by atoms with Gasteiger partial charge in [-0.2, -0.15) is 0 Å². The molecule has 0 aliphatic heterocycles. The summed E-state index contributed by atoms with van der Waals surface area (Å²) in [6.45, 7) is 1.54. The van der Waals surface area contributed by atoms with E-state index in [-0.39, 0.29) is 5.78 Å². The summed E-state index contributed by atoms with van der Waals surface area (Å²) in [7, 11) is 0. The molecule has 25 heavy (non-hydrogen) atoms. The topological polar surface area (TPSA) is 56.3 Å². The number of thiazole rings is 1. The van der Waals surface area contributed by atoms with Gasteiger partial charge >= 0.3 is 5.97 Å². The Hall–Kier alpha value is -2.50. The highest BCUT2D eigenvalue weighted by Gasteiger charge is 2.18. The number of ketones is 1. The van der Waals surface area contributed by atoms with Gasteiger partial charge in [0.05, 0.1) is 10.2 Å². The number of halogens is 1. The lowest BCUT2D eigenvalue weighted by Crippen LogP contribution is -2.23. The summed E-state index contributed by atoms with van der Waals surface area (Å²) >= 11 is 7.28. The van der Waals surface area contributed by atoms with E-state index in [2.05, 4.69) is 4.98 Å². The van der Waals surface area contributed by atoms with E-state index in [1.165, 1.54) is 17.4 Å². The zero-order valence-electron chi connectivity index (χ0n) is 13.3. The first-order valence-corrected chi connectivity index (χ1v) is 8.76. The number of nitrogens with zero attached hydrogens (tertiary/aromatic N) is 1. The van der Waals surface area contributed by atoms with Crippen molar-refractivity contribution in [3.8, 4) is 0 Å². The molecule has 3 aromatic rings. The van der Waals surface area contributed by atoms with Crippen LogP contribution < -0.4 is 0 Å². The van der Waals surface area contributed by atoms with Gasteiger partial charge in [0.15, 0.2) is 6.10 Å². The number of esters is 1. The molecule has 1 atom stereocenters. The maximum atomic E-state index is 12.2. The molecule has 6 heteroatoms. The zero-order valence-corrected chi connectivity index (χ0v) is 14.9. The second kappa shape index (κ2) is 7.59. The predicted molar refractivity (Wildman–Crippen MR) is 100.0 cm³/mol. The quantitative estimate of drug-likeness (QED) is 0.368. The summed E-state index contributed by atoms with van der Waals surface area (Å²) in [5.41, 5.74) is 1.33. The van der Waals surface area contributed by atoms with Crippen molar-refractivity contribution in [2.75, 3.05) is 0 Å². The number of benzene rings is 2. The van der Waals surface area contributed by atoms with Crippen LogP contribution in [0.2, 0.25) is 5.02 Å². The Morgan fingerprint density at radius 3 is 2.60 bits per heavy atom. The molecule has 0 aliphatic carbocycles. The lowest BCUT2D eigenvalue weighted by atomic mass is 10.1. The van der Waals surface area contributed by atoms with Crippen LogP contribution in [0.15, 0.2) is 54.6 Å². The van der Waals surface area contributed by atoms with Gasteiger partial charge in [0.1, 0.15) is 5.01 Å². The number of carbonyl (C=O) groups is 2. The average molecular weight is 372 g/mol. The highest BCUT2D eigenvalue weighted by molar-refractivity contribution is 7.19. The zero-order chi connectivity index (χ0) is 17.8. The summed E-state index contributed by atoms with van der Waals surface area (Å²) in [6, 6.07) is 14.2. The molecule has 0 amide bonds. The van der Waals surface area contributed by atoms with Gasteiger partial charge < -0.3 is 4.74 Å². The summed E-state index contributed by atoms with van der Waals surface area (Å²) in [4.78, 5) is 28.6. The third-order valence-corrected chi connectivity index (χ3v) is 4.72. The van der Waals surface area contributed by atoms with E-state index in [0.29, 0.717) is 15.6 Å². The SMILES string of the molecule is C[C@@H](OC(=O)/C=C/c1nc2ccccc2s1)C(=O)c1ccc(Cl)cc1. The molecule has 2 aromatic carbocycles. The number of hydrogen-bond acceptors (Lipinski definition) is 5. The lowest BCUT2D eigenvalue weighted by Gasteiger charge is -2.10. The highest BCUT2D eigenvalue weighted by atomic mass is 35.5. The molecule has 1 heterocycles. The summed E-state index contributed by atoms with van der Waals surface area (Å²) in [5, 5.41) is 1.25. The van der Waals surface area contributed by atoms with Crippen LogP contribution in [0.5, 0.6) is 0 Å². The van der Waals surface area contributed by atoms with Crippen LogP contribution >= 0.6 is 22.9 Å². The van der Waals surface area contributed by atoms with Crippen molar-refractivity contribution < 1.29 is 14.3 Å². The third-order valence-electron chi connectivity index (χ3n) is 3.46. The first-order valence-electron chi connectivity index (χ1n) is 7.57. The molecule has 0 radical (unpaired) electrons. The Kier molecular flexibility index (Phi) is 5.26. The highest BCUT2D eigenvalue weighted by Crippen LogP contribution is 2.22. The maximum absolute atomic E-state index is 12.2. The van der Waals surface area contributed by atoms with E-state index in [9.17, 15) is 9.59 Å². The molecular formula is C19H14ClNO3S. The van der Waals surface area contributed by atoms with Crippen LogP contribution in [-0.2, 0) is 9.53 Å². The molecule has 0 saturated carbocycles. The molecule has 0 aliphatic rings. The molecular weight excluding hydrogens is 358 g/mol. The summed E-state index contributed by atoms with van der Waals surface area (Å²) in [6.07, 6.45) is 1.99. The molecule has 126 valence electrons. The van der Waals surface area contributed by atoms with E-state index in [1.54, 1.807) is 37.3 Å². The minimum atomic E-state index is -0.881. The van der Waals surface area contributed by atoms with Crippen LogP contribution in [0.4, 0.5) is 0 Å². The molecule has 0 bridgehead atoms. The van der Waals surface area contributed by atoms with Crippen LogP contribution in [0.3, 0.4) is 0 Å². The third kappa shape index (κ3) is 4.32. The first kappa shape index (κ1) is 17.3. The van der Waals surface area contributed by atoms with Crippen molar-refractivity contribution in [3.05, 3.63) is 70.2 Å². The van der Waals surface area contributed by atoms with E-state index >= 15 is 0 Å². The Morgan fingerprint density at radius 2 is 1.88 bits per heavy atom. The number of para-hydroxylation sites is 1. The van der Waals surface area contributed by atoms with Crippen LogP contribution in [0, 0.1) is 0 Å². The number of hydrogen-bond donors (Lipinski definition) is 0. The van der Waals surface area contributed by atoms with E-state index in [0.717, 1.165) is 10.2 Å². The summed E-state index contributed by atoms with van der Waals surface area (Å²) in [5.74, 6) is -0.868. The van der Waals surface area contributed by atoms with Crippen molar-refractivity contribution in [1.82, 2.24) is 4.98 Å². The van der Waals surface area contributed by atoms with Gasteiger partial charge in [0.25, 0.3) is 0 Å². The van der Waals surface area contributed by atoms with Crippen molar-refractivity contribution in [1.29, 1.82) is 0 Å². The van der Waals surface area contributed by atoms with Gasteiger partial charge in [-0.15, -0.1) is 11.3 Å². The van der Waals surface area contributed by atoms with Gasteiger partial charge in [-0.1, -0.05) is 23.7 Å². The normalized spacial score (nSPS) is 12.4. The molecule has 0 fully saturated rings. The number of ether oxygens (including phenoxy) is 1. The van der Waals surface area contributed by atoms with Crippen LogP contribution in [0.25, 0.3) is 16.3 Å². The smallest absolute Gasteiger partial charge is 0.331 e. The second-order valence-electron chi connectivity index (χ2n) is 5.30. The van der Waals surface area contributed by atoms with Gasteiger partial charge in [0.2, 0.25) is 5.78 Å². The van der Waals surface area contributed by atoms with Crippen LogP contribution in [0.1, 0.15) is 22.3 Å². The second-order valence-corrected chi connectivity index (χ2v) is 6.80. The molecule has 4 nitrogen and oxygen atoms in total. The monoisotopic (exact) mass is 371 g/mol. The van der Waals surface area contributed by atoms with E-state index in [4.69, 9.17) is 16.3 Å². The van der Waals surface area contributed by atoms with Crippen molar-refractivity contribution in [2.24, 2.45) is 0 Å².